The normalized spacial score (nSPS) is 22.4. The molecular formula is C16H23ClFNO2. The van der Waals surface area contributed by atoms with Crippen LogP contribution in [0.1, 0.15) is 18.4 Å². The Bertz CT molecular complexity index is 450. The molecule has 0 spiro atoms. The smallest absolute Gasteiger partial charge is 0.142 e. The van der Waals surface area contributed by atoms with E-state index >= 15 is 0 Å². The van der Waals surface area contributed by atoms with Crippen molar-refractivity contribution in [3.63, 3.8) is 0 Å². The van der Waals surface area contributed by atoms with E-state index in [0.29, 0.717) is 13.2 Å². The summed E-state index contributed by atoms with van der Waals surface area (Å²) < 4.78 is 24.3. The van der Waals surface area contributed by atoms with Crippen LogP contribution in [0, 0.1) is 11.2 Å². The van der Waals surface area contributed by atoms with Crippen molar-refractivity contribution >= 4 is 11.6 Å². The third-order valence-corrected chi connectivity index (χ3v) is 4.26. The Kier molecular flexibility index (Phi) is 6.42. The second-order valence-electron chi connectivity index (χ2n) is 5.75. The van der Waals surface area contributed by atoms with Crippen molar-refractivity contribution in [1.29, 1.82) is 0 Å². The molecule has 1 aromatic carbocycles. The van der Waals surface area contributed by atoms with Gasteiger partial charge in [-0.25, -0.2) is 4.39 Å². The molecular weight excluding hydrogens is 293 g/mol. The topological polar surface area (TPSA) is 30.5 Å². The second-order valence-corrected chi connectivity index (χ2v) is 6.16. The summed E-state index contributed by atoms with van der Waals surface area (Å²) in [4.78, 5) is 0. The molecule has 0 saturated carbocycles. The second kappa shape index (κ2) is 8.08. The number of methoxy groups -OCH3 is 1. The van der Waals surface area contributed by atoms with Gasteiger partial charge in [-0.05, 0) is 37.0 Å². The van der Waals surface area contributed by atoms with Crippen LogP contribution in [0.15, 0.2) is 18.2 Å². The van der Waals surface area contributed by atoms with E-state index in [4.69, 9.17) is 21.1 Å². The summed E-state index contributed by atoms with van der Waals surface area (Å²) in [5.74, 6) is -0.353. The van der Waals surface area contributed by atoms with Crippen molar-refractivity contribution in [2.24, 2.45) is 5.41 Å². The zero-order chi connectivity index (χ0) is 15.1. The van der Waals surface area contributed by atoms with E-state index in [1.54, 1.807) is 13.2 Å². The van der Waals surface area contributed by atoms with Gasteiger partial charge in [-0.3, -0.25) is 0 Å². The van der Waals surface area contributed by atoms with Crippen LogP contribution >= 0.6 is 11.6 Å². The number of halogens is 2. The van der Waals surface area contributed by atoms with Gasteiger partial charge in [0, 0.05) is 32.2 Å². The molecule has 2 rings (SSSR count). The van der Waals surface area contributed by atoms with E-state index in [0.717, 1.165) is 44.5 Å². The van der Waals surface area contributed by atoms with Gasteiger partial charge in [-0.2, -0.15) is 0 Å². The SMILES string of the molecule is COCCNCC1(Cc2ccc(Cl)c(F)c2)CCCOC1. The number of benzene rings is 1. The molecule has 0 radical (unpaired) electrons. The molecule has 3 nitrogen and oxygen atoms in total. The van der Waals surface area contributed by atoms with Crippen molar-refractivity contribution in [2.45, 2.75) is 19.3 Å². The van der Waals surface area contributed by atoms with Crippen LogP contribution < -0.4 is 5.32 Å². The Morgan fingerprint density at radius 3 is 3.00 bits per heavy atom. The minimum atomic E-state index is -0.353. The van der Waals surface area contributed by atoms with Gasteiger partial charge in [0.2, 0.25) is 0 Å². The highest BCUT2D eigenvalue weighted by atomic mass is 35.5. The van der Waals surface area contributed by atoms with E-state index in [9.17, 15) is 4.39 Å². The predicted octanol–water partition coefficient (Wildman–Crippen LogP) is 3.05. The maximum absolute atomic E-state index is 13.6. The average Bonchev–Trinajstić information content (AvgIpc) is 2.49. The first-order chi connectivity index (χ1) is 10.2. The molecule has 1 saturated heterocycles. The summed E-state index contributed by atoms with van der Waals surface area (Å²) in [5, 5.41) is 3.59. The molecule has 1 heterocycles. The zero-order valence-corrected chi connectivity index (χ0v) is 13.2. The van der Waals surface area contributed by atoms with Crippen molar-refractivity contribution in [3.8, 4) is 0 Å². The van der Waals surface area contributed by atoms with Gasteiger partial charge in [-0.15, -0.1) is 0 Å². The van der Waals surface area contributed by atoms with E-state index < -0.39 is 0 Å². The monoisotopic (exact) mass is 315 g/mol. The zero-order valence-electron chi connectivity index (χ0n) is 12.5. The Labute approximate surface area is 130 Å². The van der Waals surface area contributed by atoms with Gasteiger partial charge < -0.3 is 14.8 Å². The van der Waals surface area contributed by atoms with Gasteiger partial charge in [0.15, 0.2) is 0 Å². The van der Waals surface area contributed by atoms with Crippen LogP contribution in [-0.4, -0.2) is 40.0 Å². The van der Waals surface area contributed by atoms with E-state index in [1.165, 1.54) is 6.07 Å². The van der Waals surface area contributed by atoms with Gasteiger partial charge >= 0.3 is 0 Å². The molecule has 1 aromatic rings. The molecule has 1 aliphatic rings. The van der Waals surface area contributed by atoms with E-state index in [2.05, 4.69) is 5.32 Å². The number of rotatable bonds is 7. The molecule has 0 aromatic heterocycles. The standard InChI is InChI=1S/C16H23ClFNO2/c1-20-8-6-19-11-16(5-2-7-21-12-16)10-13-3-4-14(17)15(18)9-13/h3-4,9,19H,2,5-8,10-12H2,1H3. The Morgan fingerprint density at radius 2 is 2.33 bits per heavy atom. The number of ether oxygens (including phenoxy) is 2. The van der Waals surface area contributed by atoms with Crippen LogP contribution in [0.25, 0.3) is 0 Å². The van der Waals surface area contributed by atoms with Crippen molar-refractivity contribution in [3.05, 3.63) is 34.6 Å². The first-order valence-electron chi connectivity index (χ1n) is 7.37. The summed E-state index contributed by atoms with van der Waals surface area (Å²) in [5.41, 5.74) is 0.989. The molecule has 118 valence electrons. The molecule has 1 unspecified atom stereocenters. The van der Waals surface area contributed by atoms with Crippen LogP contribution in [0.3, 0.4) is 0 Å². The highest BCUT2D eigenvalue weighted by Gasteiger charge is 2.33. The first-order valence-corrected chi connectivity index (χ1v) is 7.74. The van der Waals surface area contributed by atoms with Gasteiger partial charge in [0.1, 0.15) is 5.82 Å². The maximum atomic E-state index is 13.6. The van der Waals surface area contributed by atoms with Crippen LogP contribution in [-0.2, 0) is 15.9 Å². The molecule has 21 heavy (non-hydrogen) atoms. The summed E-state index contributed by atoms with van der Waals surface area (Å²) in [7, 11) is 1.69. The summed E-state index contributed by atoms with van der Waals surface area (Å²) >= 11 is 5.75. The highest BCUT2D eigenvalue weighted by molar-refractivity contribution is 6.30. The quantitative estimate of drug-likeness (QED) is 0.785. The van der Waals surface area contributed by atoms with Crippen molar-refractivity contribution in [1.82, 2.24) is 5.32 Å². The molecule has 0 bridgehead atoms. The van der Waals surface area contributed by atoms with Crippen LogP contribution in [0.5, 0.6) is 0 Å². The molecule has 1 atom stereocenters. The Balaban J connectivity index is 2.02. The third kappa shape index (κ3) is 4.92. The number of hydrogen-bond donors (Lipinski definition) is 1. The molecule has 0 aliphatic carbocycles. The molecule has 5 heteroatoms. The Hall–Kier alpha value is -0.680. The third-order valence-electron chi connectivity index (χ3n) is 3.95. The molecule has 1 fully saturated rings. The van der Waals surface area contributed by atoms with E-state index in [1.807, 2.05) is 6.07 Å². The average molecular weight is 316 g/mol. The first kappa shape index (κ1) is 16.7. The van der Waals surface area contributed by atoms with Crippen LogP contribution in [0.4, 0.5) is 4.39 Å². The number of nitrogens with one attached hydrogen (secondary N) is 1. The summed E-state index contributed by atoms with van der Waals surface area (Å²) in [6, 6.07) is 5.06. The lowest BCUT2D eigenvalue weighted by Crippen LogP contribution is -2.43. The van der Waals surface area contributed by atoms with E-state index in [-0.39, 0.29) is 16.3 Å². The lowest BCUT2D eigenvalue weighted by Gasteiger charge is -2.37. The predicted molar refractivity (Wildman–Crippen MR) is 82.3 cm³/mol. The molecule has 0 amide bonds. The summed E-state index contributed by atoms with van der Waals surface area (Å²) in [6.07, 6.45) is 2.92. The fourth-order valence-corrected chi connectivity index (χ4v) is 2.98. The van der Waals surface area contributed by atoms with Gasteiger partial charge in [-0.1, -0.05) is 17.7 Å². The van der Waals surface area contributed by atoms with Gasteiger partial charge in [0.25, 0.3) is 0 Å². The van der Waals surface area contributed by atoms with Crippen molar-refractivity contribution < 1.29 is 13.9 Å². The van der Waals surface area contributed by atoms with Crippen molar-refractivity contribution in [2.75, 3.05) is 40.0 Å². The number of hydrogen-bond acceptors (Lipinski definition) is 3. The lowest BCUT2D eigenvalue weighted by molar-refractivity contribution is -0.00772. The minimum absolute atomic E-state index is 0.0201. The minimum Gasteiger partial charge on any atom is -0.383 e. The maximum Gasteiger partial charge on any atom is 0.142 e. The fourth-order valence-electron chi connectivity index (χ4n) is 2.86. The fraction of sp³-hybridized carbons (Fsp3) is 0.625. The Morgan fingerprint density at radius 1 is 1.48 bits per heavy atom. The molecule has 1 N–H and O–H groups in total. The molecule has 1 aliphatic heterocycles. The van der Waals surface area contributed by atoms with Crippen LogP contribution in [0.2, 0.25) is 5.02 Å². The highest BCUT2D eigenvalue weighted by Crippen LogP contribution is 2.32. The summed E-state index contributed by atoms with van der Waals surface area (Å²) in [6.45, 7) is 3.87. The van der Waals surface area contributed by atoms with Gasteiger partial charge in [0.05, 0.1) is 18.2 Å². The largest absolute Gasteiger partial charge is 0.383 e. The lowest BCUT2D eigenvalue weighted by atomic mass is 9.77.